The van der Waals surface area contributed by atoms with Crippen LogP contribution in [0.5, 0.6) is 0 Å². The number of rotatable bonds is 16. The fourth-order valence-electron chi connectivity index (χ4n) is 3.54. The lowest BCUT2D eigenvalue weighted by Gasteiger charge is -2.28. The first-order valence-corrected chi connectivity index (χ1v) is 14.6. The van der Waals surface area contributed by atoms with E-state index < -0.39 is 35.1 Å². The van der Waals surface area contributed by atoms with E-state index in [0.717, 1.165) is 12.8 Å². The van der Waals surface area contributed by atoms with Crippen LogP contribution in [0.2, 0.25) is 0 Å². The van der Waals surface area contributed by atoms with Crippen molar-refractivity contribution in [2.45, 2.75) is 118 Å². The number of unbranched alkanes of at least 4 members (excludes halogenated alkanes) is 1. The number of amides is 4. The third-order valence-electron chi connectivity index (χ3n) is 5.21. The highest BCUT2D eigenvalue weighted by Crippen LogP contribution is 2.12. The van der Waals surface area contributed by atoms with Crippen molar-refractivity contribution in [3.8, 4) is 0 Å². The molecule has 0 heterocycles. The van der Waals surface area contributed by atoms with Gasteiger partial charge in [0.15, 0.2) is 0 Å². The summed E-state index contributed by atoms with van der Waals surface area (Å²) < 4.78 is 16.0. The molecule has 0 bridgehead atoms. The first-order valence-electron chi connectivity index (χ1n) is 14.6. The van der Waals surface area contributed by atoms with Gasteiger partial charge in [-0.25, -0.2) is 14.4 Å². The number of hydrogen-bond acceptors (Lipinski definition) is 7. The van der Waals surface area contributed by atoms with Crippen LogP contribution in [0, 0.1) is 0 Å². The molecule has 0 fully saturated rings. The number of carbonyl (C=O) groups is 4. The predicted molar refractivity (Wildman–Crippen MR) is 161 cm³/mol. The Morgan fingerprint density at radius 2 is 1.05 bits per heavy atom. The Labute approximate surface area is 247 Å². The fraction of sp³-hybridized carbons (Fsp3) is 0.800. The Kier molecular flexibility index (Phi) is 17.1. The van der Waals surface area contributed by atoms with Crippen LogP contribution < -0.4 is 10.6 Å². The molecule has 0 saturated heterocycles. The largest absolute Gasteiger partial charge is 0.444 e. The molecule has 0 saturated carbocycles. The summed E-state index contributed by atoms with van der Waals surface area (Å²) in [6.07, 6.45) is 3.79. The monoisotopic (exact) mass is 584 g/mol. The molecule has 0 spiro atoms. The molecular weight excluding hydrogens is 528 g/mol. The number of carbonyl (C=O) groups excluding carboxylic acids is 4. The van der Waals surface area contributed by atoms with Gasteiger partial charge in [-0.1, -0.05) is 6.08 Å². The van der Waals surface area contributed by atoms with E-state index in [-0.39, 0.29) is 12.3 Å². The summed E-state index contributed by atoms with van der Waals surface area (Å²) in [4.78, 5) is 53.0. The maximum atomic E-state index is 13.1. The summed E-state index contributed by atoms with van der Waals surface area (Å²) in [6, 6.07) is 0. The molecule has 11 heteroatoms. The number of hydrogen-bond donors (Lipinski definition) is 2. The lowest BCUT2D eigenvalue weighted by atomic mass is 10.2. The second-order valence-electron chi connectivity index (χ2n) is 12.9. The highest BCUT2D eigenvalue weighted by molar-refractivity contribution is 5.76. The van der Waals surface area contributed by atoms with Crippen LogP contribution in [0.1, 0.15) is 101 Å². The normalized spacial score (nSPS) is 11.7. The number of nitrogens with one attached hydrogen (secondary N) is 2. The van der Waals surface area contributed by atoms with Gasteiger partial charge in [0.2, 0.25) is 5.91 Å². The summed E-state index contributed by atoms with van der Waals surface area (Å²) in [7, 11) is 0. The Bertz CT molecular complexity index is 826. The van der Waals surface area contributed by atoms with Gasteiger partial charge in [0, 0.05) is 45.7 Å². The van der Waals surface area contributed by atoms with Crippen molar-refractivity contribution in [2.24, 2.45) is 0 Å². The summed E-state index contributed by atoms with van der Waals surface area (Å²) >= 11 is 0. The van der Waals surface area contributed by atoms with Crippen LogP contribution in [0.4, 0.5) is 14.4 Å². The number of ether oxygens (including phenoxy) is 3. The van der Waals surface area contributed by atoms with Gasteiger partial charge in [0.25, 0.3) is 0 Å². The molecule has 2 N–H and O–H groups in total. The summed E-state index contributed by atoms with van der Waals surface area (Å²) in [5, 5.41) is 5.42. The van der Waals surface area contributed by atoms with Crippen LogP contribution in [-0.2, 0) is 19.0 Å². The molecule has 0 aromatic carbocycles. The zero-order valence-electron chi connectivity index (χ0n) is 27.0. The van der Waals surface area contributed by atoms with E-state index in [0.29, 0.717) is 58.5 Å². The molecule has 238 valence electrons. The van der Waals surface area contributed by atoms with Crippen molar-refractivity contribution >= 4 is 24.2 Å². The van der Waals surface area contributed by atoms with Crippen LogP contribution >= 0.6 is 0 Å². The molecule has 11 nitrogen and oxygen atoms in total. The first-order chi connectivity index (χ1) is 18.8. The second kappa shape index (κ2) is 18.5. The van der Waals surface area contributed by atoms with Gasteiger partial charge in [-0.05, 0) is 94.4 Å². The Morgan fingerprint density at radius 1 is 0.634 bits per heavy atom. The predicted octanol–water partition coefficient (Wildman–Crippen LogP) is 5.63. The molecule has 0 aliphatic carbocycles. The van der Waals surface area contributed by atoms with Crippen molar-refractivity contribution in [1.29, 1.82) is 0 Å². The Hall–Kier alpha value is -2.98. The van der Waals surface area contributed by atoms with E-state index in [1.54, 1.807) is 72.1 Å². The van der Waals surface area contributed by atoms with E-state index in [4.69, 9.17) is 14.2 Å². The third-order valence-corrected chi connectivity index (χ3v) is 5.21. The second-order valence-corrected chi connectivity index (χ2v) is 12.9. The van der Waals surface area contributed by atoms with Crippen LogP contribution in [-0.4, -0.2) is 90.1 Å². The van der Waals surface area contributed by atoms with Crippen LogP contribution in [0.25, 0.3) is 0 Å². The smallest absolute Gasteiger partial charge is 0.410 e. The maximum Gasteiger partial charge on any atom is 0.410 e. The minimum absolute atomic E-state index is 0.0120. The summed E-state index contributed by atoms with van der Waals surface area (Å²) in [5.41, 5.74) is -1.82. The van der Waals surface area contributed by atoms with E-state index in [1.165, 1.54) is 0 Å². The summed E-state index contributed by atoms with van der Waals surface area (Å²) in [6.45, 7) is 22.4. The van der Waals surface area contributed by atoms with Crippen molar-refractivity contribution in [1.82, 2.24) is 20.4 Å². The molecule has 0 aromatic rings. The van der Waals surface area contributed by atoms with Gasteiger partial charge >= 0.3 is 18.3 Å². The van der Waals surface area contributed by atoms with E-state index in [1.807, 2.05) is 6.08 Å². The minimum atomic E-state index is -0.658. The topological polar surface area (TPSA) is 127 Å². The van der Waals surface area contributed by atoms with E-state index in [2.05, 4.69) is 17.2 Å². The molecule has 4 amide bonds. The number of nitrogens with zero attached hydrogens (tertiary/aromatic N) is 2. The molecular formula is C30H56N4O7. The molecule has 0 radical (unpaired) electrons. The quantitative estimate of drug-likeness (QED) is 0.137. The van der Waals surface area contributed by atoms with E-state index >= 15 is 0 Å². The van der Waals surface area contributed by atoms with Gasteiger partial charge in [0.05, 0.1) is 0 Å². The van der Waals surface area contributed by atoms with Crippen LogP contribution in [0.15, 0.2) is 12.7 Å². The van der Waals surface area contributed by atoms with E-state index in [9.17, 15) is 19.2 Å². The maximum absolute atomic E-state index is 13.1. The molecule has 0 aliphatic heterocycles. The van der Waals surface area contributed by atoms with Gasteiger partial charge in [-0.2, -0.15) is 0 Å². The Balaban J connectivity index is 4.93. The van der Waals surface area contributed by atoms with Gasteiger partial charge in [0.1, 0.15) is 16.8 Å². The standard InChI is InChI=1S/C30H56N4O7/c1-11-12-13-20-33(22-15-18-31-25(36)39-28(2,3)4)24(35)17-14-21-34(27(38)41-30(8,9)10)23-16-19-32-26(37)40-29(5,6)7/h11H,1,12-23H2,2-10H3,(H,31,36)(H,32,37). The average Bonchev–Trinajstić information content (AvgIpc) is 2.78. The van der Waals surface area contributed by atoms with Gasteiger partial charge < -0.3 is 34.6 Å². The number of allylic oxidation sites excluding steroid dienone is 1. The molecule has 0 rings (SSSR count). The molecule has 41 heavy (non-hydrogen) atoms. The molecule has 0 unspecified atom stereocenters. The summed E-state index contributed by atoms with van der Waals surface area (Å²) in [5.74, 6) is -0.0120. The average molecular weight is 585 g/mol. The van der Waals surface area contributed by atoms with Gasteiger partial charge in [-0.15, -0.1) is 6.58 Å². The van der Waals surface area contributed by atoms with Crippen molar-refractivity contribution in [3.63, 3.8) is 0 Å². The third kappa shape index (κ3) is 22.4. The van der Waals surface area contributed by atoms with Crippen molar-refractivity contribution < 1.29 is 33.4 Å². The van der Waals surface area contributed by atoms with Crippen molar-refractivity contribution in [3.05, 3.63) is 12.7 Å². The highest BCUT2D eigenvalue weighted by atomic mass is 16.6. The Morgan fingerprint density at radius 3 is 1.49 bits per heavy atom. The molecule has 0 aromatic heterocycles. The van der Waals surface area contributed by atoms with Gasteiger partial charge in [-0.3, -0.25) is 4.79 Å². The SMILES string of the molecule is C=CCCCN(CCCNC(=O)OC(C)(C)C)C(=O)CCCN(CCCNC(=O)OC(C)(C)C)C(=O)OC(C)(C)C. The van der Waals surface area contributed by atoms with Crippen LogP contribution in [0.3, 0.4) is 0 Å². The lowest BCUT2D eigenvalue weighted by Crippen LogP contribution is -2.40. The van der Waals surface area contributed by atoms with Crippen molar-refractivity contribution in [2.75, 3.05) is 39.3 Å². The minimum Gasteiger partial charge on any atom is -0.444 e. The molecule has 0 aliphatic rings. The number of alkyl carbamates (subject to hydrolysis) is 2. The lowest BCUT2D eigenvalue weighted by molar-refractivity contribution is -0.131. The molecule has 0 atom stereocenters. The zero-order chi connectivity index (χ0) is 31.7. The first kappa shape index (κ1) is 38.0. The zero-order valence-corrected chi connectivity index (χ0v) is 27.0. The highest BCUT2D eigenvalue weighted by Gasteiger charge is 2.23. The fourth-order valence-corrected chi connectivity index (χ4v) is 3.54.